The summed E-state index contributed by atoms with van der Waals surface area (Å²) in [6, 6.07) is 16.4. The summed E-state index contributed by atoms with van der Waals surface area (Å²) >= 11 is 0. The molecule has 7 nitrogen and oxygen atoms in total. The van der Waals surface area contributed by atoms with Crippen molar-refractivity contribution in [3.05, 3.63) is 99.9 Å². The molecule has 0 saturated heterocycles. The first-order chi connectivity index (χ1) is 14.0. The van der Waals surface area contributed by atoms with Crippen molar-refractivity contribution in [2.45, 2.75) is 23.8 Å². The highest BCUT2D eigenvalue weighted by atomic mass is 32.2. The van der Waals surface area contributed by atoms with Crippen LogP contribution in [0.2, 0.25) is 0 Å². The standard InChI is InChI=1S/C21H19N3O4S/c25-24(26)18-5-3-6-19(15-18)29(27,28)23-13-10-17-4-1-2-7-20(17)21(23)14-16-8-11-22-12-9-16/h1-9,11-12,15,21H,10,13-14H2. The molecule has 148 valence electrons. The number of hydrogen-bond donors (Lipinski definition) is 0. The van der Waals surface area contributed by atoms with Gasteiger partial charge in [0, 0.05) is 31.1 Å². The first kappa shape index (κ1) is 19.2. The van der Waals surface area contributed by atoms with Crippen molar-refractivity contribution >= 4 is 15.7 Å². The molecule has 1 atom stereocenters. The van der Waals surface area contributed by atoms with Crippen molar-refractivity contribution in [1.29, 1.82) is 0 Å². The topological polar surface area (TPSA) is 93.4 Å². The third-order valence-electron chi connectivity index (χ3n) is 5.18. The molecule has 0 radical (unpaired) electrons. The molecule has 29 heavy (non-hydrogen) atoms. The lowest BCUT2D eigenvalue weighted by atomic mass is 9.90. The van der Waals surface area contributed by atoms with Gasteiger partial charge in [0.05, 0.1) is 15.9 Å². The number of fused-ring (bicyclic) bond motifs is 1. The van der Waals surface area contributed by atoms with Crippen molar-refractivity contribution in [3.8, 4) is 0 Å². The van der Waals surface area contributed by atoms with E-state index in [1.165, 1.54) is 22.5 Å². The molecule has 8 heteroatoms. The number of nitrogens with zero attached hydrogens (tertiary/aromatic N) is 3. The van der Waals surface area contributed by atoms with E-state index in [-0.39, 0.29) is 10.6 Å². The number of nitro groups is 1. The third kappa shape index (κ3) is 3.76. The molecular weight excluding hydrogens is 390 g/mol. The van der Waals surface area contributed by atoms with Gasteiger partial charge in [-0.25, -0.2) is 8.42 Å². The second kappa shape index (κ2) is 7.73. The van der Waals surface area contributed by atoms with Gasteiger partial charge in [0.25, 0.3) is 5.69 Å². The Labute approximate surface area is 168 Å². The van der Waals surface area contributed by atoms with Gasteiger partial charge in [0.15, 0.2) is 0 Å². The van der Waals surface area contributed by atoms with Crippen LogP contribution in [0.4, 0.5) is 5.69 Å². The second-order valence-corrected chi connectivity index (χ2v) is 8.78. The number of rotatable bonds is 5. The average molecular weight is 409 g/mol. The predicted molar refractivity (Wildman–Crippen MR) is 108 cm³/mol. The van der Waals surface area contributed by atoms with Crippen LogP contribution in [-0.2, 0) is 22.9 Å². The minimum atomic E-state index is -3.92. The van der Waals surface area contributed by atoms with Crippen LogP contribution in [0.1, 0.15) is 22.7 Å². The van der Waals surface area contributed by atoms with Crippen LogP contribution in [0.5, 0.6) is 0 Å². The molecule has 0 aliphatic carbocycles. The van der Waals surface area contributed by atoms with Gasteiger partial charge in [-0.1, -0.05) is 30.3 Å². The average Bonchev–Trinajstić information content (AvgIpc) is 2.74. The van der Waals surface area contributed by atoms with Crippen LogP contribution in [0, 0.1) is 10.1 Å². The van der Waals surface area contributed by atoms with Gasteiger partial charge in [0.1, 0.15) is 0 Å². The first-order valence-electron chi connectivity index (χ1n) is 9.20. The number of sulfonamides is 1. The largest absolute Gasteiger partial charge is 0.270 e. The predicted octanol–water partition coefficient (Wildman–Crippen LogP) is 3.52. The zero-order chi connectivity index (χ0) is 20.4. The monoisotopic (exact) mass is 409 g/mol. The number of pyridine rings is 1. The Kier molecular flexibility index (Phi) is 5.12. The molecule has 1 unspecified atom stereocenters. The minimum absolute atomic E-state index is 0.0641. The van der Waals surface area contributed by atoms with Crippen LogP contribution in [0.3, 0.4) is 0 Å². The Morgan fingerprint density at radius 1 is 1.07 bits per heavy atom. The fourth-order valence-electron chi connectivity index (χ4n) is 3.76. The number of aromatic nitrogens is 1. The number of non-ortho nitro benzene ring substituents is 1. The summed E-state index contributed by atoms with van der Waals surface area (Å²) in [5.41, 5.74) is 2.82. The summed E-state index contributed by atoms with van der Waals surface area (Å²) in [6.07, 6.45) is 4.46. The molecule has 0 fully saturated rings. The summed E-state index contributed by atoms with van der Waals surface area (Å²) in [4.78, 5) is 14.5. The molecule has 2 heterocycles. The summed E-state index contributed by atoms with van der Waals surface area (Å²) < 4.78 is 28.4. The molecule has 3 aromatic rings. The maximum Gasteiger partial charge on any atom is 0.270 e. The van der Waals surface area contributed by atoms with E-state index in [0.717, 1.165) is 22.8 Å². The molecule has 0 saturated carbocycles. The van der Waals surface area contributed by atoms with E-state index in [1.807, 2.05) is 36.4 Å². The molecule has 0 amide bonds. The highest BCUT2D eigenvalue weighted by Crippen LogP contribution is 2.36. The van der Waals surface area contributed by atoms with Gasteiger partial charge >= 0.3 is 0 Å². The summed E-state index contributed by atoms with van der Waals surface area (Å²) in [6.45, 7) is 0.317. The van der Waals surface area contributed by atoms with Gasteiger partial charge in [-0.15, -0.1) is 0 Å². The van der Waals surface area contributed by atoms with Gasteiger partial charge in [-0.05, 0) is 47.7 Å². The quantitative estimate of drug-likeness (QED) is 0.475. The third-order valence-corrected chi connectivity index (χ3v) is 7.08. The van der Waals surface area contributed by atoms with Crippen LogP contribution >= 0.6 is 0 Å². The van der Waals surface area contributed by atoms with Gasteiger partial charge in [-0.2, -0.15) is 4.31 Å². The maximum atomic E-state index is 13.5. The summed E-state index contributed by atoms with van der Waals surface area (Å²) in [7, 11) is -3.92. The normalized spacial score (nSPS) is 16.9. The SMILES string of the molecule is O=[N+]([O-])c1cccc(S(=O)(=O)N2CCc3ccccc3C2Cc2ccncc2)c1. The van der Waals surface area contributed by atoms with E-state index in [9.17, 15) is 18.5 Å². The van der Waals surface area contributed by atoms with E-state index in [0.29, 0.717) is 19.4 Å². The molecular formula is C21H19N3O4S. The fourth-order valence-corrected chi connectivity index (χ4v) is 5.41. The molecule has 0 bridgehead atoms. The zero-order valence-corrected chi connectivity index (χ0v) is 16.3. The second-order valence-electron chi connectivity index (χ2n) is 6.89. The van der Waals surface area contributed by atoms with Crippen molar-refractivity contribution in [1.82, 2.24) is 9.29 Å². The lowest BCUT2D eigenvalue weighted by molar-refractivity contribution is -0.385. The van der Waals surface area contributed by atoms with E-state index in [2.05, 4.69) is 4.98 Å². The Balaban J connectivity index is 1.78. The Morgan fingerprint density at radius 3 is 2.59 bits per heavy atom. The fraction of sp³-hybridized carbons (Fsp3) is 0.190. The van der Waals surface area contributed by atoms with Gasteiger partial charge in [-0.3, -0.25) is 15.1 Å². The van der Waals surface area contributed by atoms with E-state index < -0.39 is 21.0 Å². The molecule has 0 spiro atoms. The maximum absolute atomic E-state index is 13.5. The Hall–Kier alpha value is -3.10. The lowest BCUT2D eigenvalue weighted by Gasteiger charge is -2.36. The number of hydrogen-bond acceptors (Lipinski definition) is 5. The van der Waals surface area contributed by atoms with Crippen molar-refractivity contribution in [2.24, 2.45) is 0 Å². The smallest absolute Gasteiger partial charge is 0.265 e. The highest BCUT2D eigenvalue weighted by molar-refractivity contribution is 7.89. The van der Waals surface area contributed by atoms with Crippen LogP contribution < -0.4 is 0 Å². The molecule has 1 aromatic heterocycles. The summed E-state index contributed by atoms with van der Waals surface area (Å²) in [5, 5.41) is 11.1. The van der Waals surface area contributed by atoms with Crippen LogP contribution in [0.25, 0.3) is 0 Å². The zero-order valence-electron chi connectivity index (χ0n) is 15.5. The van der Waals surface area contributed by atoms with Crippen molar-refractivity contribution in [2.75, 3.05) is 6.54 Å². The minimum Gasteiger partial charge on any atom is -0.265 e. The van der Waals surface area contributed by atoms with Gasteiger partial charge in [0.2, 0.25) is 10.0 Å². The van der Waals surface area contributed by atoms with Crippen molar-refractivity contribution < 1.29 is 13.3 Å². The van der Waals surface area contributed by atoms with Crippen LogP contribution in [0.15, 0.2) is 78.0 Å². The van der Waals surface area contributed by atoms with Crippen molar-refractivity contribution in [3.63, 3.8) is 0 Å². The molecule has 2 aromatic carbocycles. The number of nitro benzene ring substituents is 1. The van der Waals surface area contributed by atoms with E-state index in [1.54, 1.807) is 12.4 Å². The van der Waals surface area contributed by atoms with E-state index in [4.69, 9.17) is 0 Å². The molecule has 0 N–H and O–H groups in total. The lowest BCUT2D eigenvalue weighted by Crippen LogP contribution is -2.41. The molecule has 1 aliphatic rings. The summed E-state index contributed by atoms with van der Waals surface area (Å²) in [5.74, 6) is 0. The van der Waals surface area contributed by atoms with E-state index >= 15 is 0 Å². The number of benzene rings is 2. The highest BCUT2D eigenvalue weighted by Gasteiger charge is 2.36. The Bertz CT molecular complexity index is 1150. The molecule has 1 aliphatic heterocycles. The van der Waals surface area contributed by atoms with Gasteiger partial charge < -0.3 is 0 Å². The Morgan fingerprint density at radius 2 is 1.83 bits per heavy atom. The first-order valence-corrected chi connectivity index (χ1v) is 10.6. The van der Waals surface area contributed by atoms with Crippen LogP contribution in [-0.4, -0.2) is 29.2 Å². The molecule has 4 rings (SSSR count).